The third-order valence-corrected chi connectivity index (χ3v) is 11.6. The molecule has 11 nitrogen and oxygen atoms in total. The van der Waals surface area contributed by atoms with Gasteiger partial charge in [-0.3, -0.25) is 19.2 Å². The van der Waals surface area contributed by atoms with Gasteiger partial charge in [0.25, 0.3) is 5.56 Å². The highest BCUT2D eigenvalue weighted by molar-refractivity contribution is 7.88. The van der Waals surface area contributed by atoms with Crippen LogP contribution in [0.4, 0.5) is 11.6 Å². The van der Waals surface area contributed by atoms with Gasteiger partial charge in [-0.25, -0.2) is 17.7 Å². The third kappa shape index (κ3) is 6.56. The summed E-state index contributed by atoms with van der Waals surface area (Å²) in [5.74, 6) is 0.934. The van der Waals surface area contributed by atoms with Gasteiger partial charge in [0.1, 0.15) is 5.65 Å². The summed E-state index contributed by atoms with van der Waals surface area (Å²) in [7, 11) is -1.16. The number of aromatic nitrogens is 4. The highest BCUT2D eigenvalue weighted by Crippen LogP contribution is 2.33. The second kappa shape index (κ2) is 13.1. The number of nitrogens with zero attached hydrogens (tertiary/aromatic N) is 6. The van der Waals surface area contributed by atoms with Gasteiger partial charge >= 0.3 is 0 Å². The molecule has 7 rings (SSSR count). The minimum Gasteiger partial charge on any atom is -0.324 e. The average molecular weight is 657 g/mol. The molecule has 1 aromatic carbocycles. The van der Waals surface area contributed by atoms with E-state index >= 15 is 0 Å². The number of likely N-dealkylation sites (tertiary alicyclic amines) is 1. The quantitative estimate of drug-likeness (QED) is 0.290. The smallest absolute Gasteiger partial charge is 0.260 e. The molecule has 3 aromatic heterocycles. The number of piperidine rings is 2. The number of anilines is 2. The molecule has 0 bridgehead atoms. The lowest BCUT2D eigenvalue weighted by Crippen LogP contribution is -2.40. The van der Waals surface area contributed by atoms with Gasteiger partial charge < -0.3 is 10.6 Å². The second-order valence-corrected chi connectivity index (χ2v) is 15.4. The maximum atomic E-state index is 14.5. The van der Waals surface area contributed by atoms with Crippen molar-refractivity contribution >= 4 is 32.7 Å². The van der Waals surface area contributed by atoms with Crippen LogP contribution < -0.4 is 16.2 Å². The van der Waals surface area contributed by atoms with Gasteiger partial charge in [-0.15, -0.1) is 0 Å². The van der Waals surface area contributed by atoms with Gasteiger partial charge in [-0.1, -0.05) is 18.6 Å². The molecule has 4 aromatic rings. The fourth-order valence-corrected chi connectivity index (χ4v) is 8.42. The van der Waals surface area contributed by atoms with Crippen molar-refractivity contribution in [2.75, 3.05) is 51.3 Å². The summed E-state index contributed by atoms with van der Waals surface area (Å²) in [4.78, 5) is 31.3. The first-order valence-corrected chi connectivity index (χ1v) is 18.6. The lowest BCUT2D eigenvalue weighted by atomic mass is 9.96. The topological polar surface area (TPSA) is 125 Å². The molecule has 0 amide bonds. The summed E-state index contributed by atoms with van der Waals surface area (Å²) in [6, 6.07) is 12.4. The molecule has 3 saturated heterocycles. The number of hydrogen-bond acceptors (Lipinski definition) is 9. The van der Waals surface area contributed by atoms with Crippen LogP contribution in [0.3, 0.4) is 0 Å². The zero-order valence-electron chi connectivity index (χ0n) is 27.4. The van der Waals surface area contributed by atoms with E-state index in [0.29, 0.717) is 49.0 Å². The molecule has 0 aliphatic carbocycles. The number of pyridine rings is 2. The number of nitrogens with one attached hydrogen (secondary N) is 2. The Morgan fingerprint density at radius 2 is 1.72 bits per heavy atom. The van der Waals surface area contributed by atoms with Crippen molar-refractivity contribution in [2.45, 2.75) is 63.5 Å². The highest BCUT2D eigenvalue weighted by atomic mass is 32.2. The molecule has 248 valence electrons. The van der Waals surface area contributed by atoms with Crippen LogP contribution in [0.15, 0.2) is 53.6 Å². The van der Waals surface area contributed by atoms with Crippen LogP contribution >= 0.6 is 0 Å². The Labute approximate surface area is 276 Å². The van der Waals surface area contributed by atoms with Gasteiger partial charge in [0.05, 0.1) is 18.0 Å². The number of hydrogen-bond donors (Lipinski definition) is 2. The van der Waals surface area contributed by atoms with Gasteiger partial charge in [-0.2, -0.15) is 4.98 Å². The zero-order chi connectivity index (χ0) is 32.7. The Kier molecular flexibility index (Phi) is 8.86. The first kappa shape index (κ1) is 31.9. The molecular formula is C35H44N8O3S. The zero-order valence-corrected chi connectivity index (χ0v) is 28.3. The maximum Gasteiger partial charge on any atom is 0.260 e. The maximum absolute atomic E-state index is 14.5. The van der Waals surface area contributed by atoms with E-state index in [0.717, 1.165) is 60.4 Å². The number of benzene rings is 1. The van der Waals surface area contributed by atoms with Crippen molar-refractivity contribution in [2.24, 2.45) is 0 Å². The van der Waals surface area contributed by atoms with Crippen LogP contribution in [0.5, 0.6) is 0 Å². The van der Waals surface area contributed by atoms with E-state index in [2.05, 4.69) is 45.8 Å². The second-order valence-electron chi connectivity index (χ2n) is 13.5. The Morgan fingerprint density at radius 1 is 0.936 bits per heavy atom. The summed E-state index contributed by atoms with van der Waals surface area (Å²) in [6.07, 6.45) is 10.5. The summed E-state index contributed by atoms with van der Waals surface area (Å²) in [5, 5.41) is 7.50. The summed E-state index contributed by atoms with van der Waals surface area (Å²) >= 11 is 0. The van der Waals surface area contributed by atoms with E-state index in [1.807, 2.05) is 31.3 Å². The van der Waals surface area contributed by atoms with Crippen LogP contribution in [0.2, 0.25) is 0 Å². The minimum absolute atomic E-state index is 0.151. The summed E-state index contributed by atoms with van der Waals surface area (Å²) < 4.78 is 27.8. The minimum atomic E-state index is -3.31. The fourth-order valence-electron chi connectivity index (χ4n) is 7.54. The van der Waals surface area contributed by atoms with Crippen LogP contribution in [-0.2, 0) is 10.0 Å². The molecule has 0 radical (unpaired) electrons. The van der Waals surface area contributed by atoms with Crippen molar-refractivity contribution in [1.82, 2.24) is 34.0 Å². The van der Waals surface area contributed by atoms with Gasteiger partial charge in [0, 0.05) is 60.3 Å². The van der Waals surface area contributed by atoms with E-state index in [9.17, 15) is 13.2 Å². The third-order valence-electron chi connectivity index (χ3n) is 10.3. The number of fused-ring (bicyclic) bond motifs is 1. The van der Waals surface area contributed by atoms with E-state index in [1.54, 1.807) is 10.8 Å². The Morgan fingerprint density at radius 3 is 2.40 bits per heavy atom. The molecule has 0 spiro atoms. The number of rotatable bonds is 7. The monoisotopic (exact) mass is 656 g/mol. The Bertz CT molecular complexity index is 1930. The first-order valence-electron chi connectivity index (χ1n) is 16.8. The van der Waals surface area contributed by atoms with E-state index in [1.165, 1.54) is 29.0 Å². The molecule has 3 fully saturated rings. The molecule has 12 heteroatoms. The van der Waals surface area contributed by atoms with Gasteiger partial charge in [0.2, 0.25) is 16.0 Å². The number of aryl methyl sites for hydroxylation is 1. The molecular weight excluding hydrogens is 613 g/mol. The van der Waals surface area contributed by atoms with Crippen molar-refractivity contribution < 1.29 is 8.42 Å². The van der Waals surface area contributed by atoms with Crippen molar-refractivity contribution in [3.8, 4) is 11.1 Å². The lowest BCUT2D eigenvalue weighted by molar-refractivity contribution is 0.183. The average Bonchev–Trinajstić information content (AvgIpc) is 3.60. The predicted octanol–water partition coefficient (Wildman–Crippen LogP) is 4.74. The molecule has 3 aliphatic heterocycles. The van der Waals surface area contributed by atoms with Crippen molar-refractivity contribution in [3.05, 3.63) is 76.0 Å². The van der Waals surface area contributed by atoms with Gasteiger partial charge in [0.15, 0.2) is 0 Å². The summed E-state index contributed by atoms with van der Waals surface area (Å²) in [5.41, 5.74) is 5.95. The molecule has 3 aliphatic rings. The lowest BCUT2D eigenvalue weighted by Gasteiger charge is -2.32. The molecule has 47 heavy (non-hydrogen) atoms. The van der Waals surface area contributed by atoms with Crippen LogP contribution in [0, 0.1) is 6.92 Å². The first-order chi connectivity index (χ1) is 22.7. The van der Waals surface area contributed by atoms with Crippen LogP contribution in [-0.4, -0.2) is 83.2 Å². The summed E-state index contributed by atoms with van der Waals surface area (Å²) in [6.45, 7) is 5.85. The molecule has 0 saturated carbocycles. The van der Waals surface area contributed by atoms with Crippen molar-refractivity contribution in [3.63, 3.8) is 0 Å². The molecule has 2 unspecified atom stereocenters. The van der Waals surface area contributed by atoms with E-state index < -0.39 is 10.0 Å². The van der Waals surface area contributed by atoms with Crippen LogP contribution in [0.25, 0.3) is 22.2 Å². The molecule has 2 N–H and O–H groups in total. The highest BCUT2D eigenvalue weighted by Gasteiger charge is 2.29. The SMILES string of the molecule is Cc1cc(C2CCCCN2C)ncc1-c1cc2cnc(Nc3ccc(C4CCNC4)cc3)nc2n(C2CCN(S(C)(=O)=O)CC2)c1=O. The standard InChI is InChI=1S/C35H44N8O3S/c1-23-18-31(32-6-4-5-15-41(32)2)37-22-30(23)29-19-26-21-38-35(39-27-9-7-24(8-10-27)25-11-14-36-20-25)40-33(26)43(34(29)44)28-12-16-42(17-13-28)47(3,45)46/h7-10,18-19,21-22,25,28,32,36H,4-6,11-17,20H2,1-3H3,(H,38,39,40). The number of sulfonamides is 1. The largest absolute Gasteiger partial charge is 0.324 e. The van der Waals surface area contributed by atoms with Crippen LogP contribution in [0.1, 0.15) is 73.3 Å². The normalized spacial score (nSPS) is 21.8. The van der Waals surface area contributed by atoms with Gasteiger partial charge in [-0.05, 0) is 100 Å². The van der Waals surface area contributed by atoms with E-state index in [4.69, 9.17) is 9.97 Å². The fraction of sp³-hybridized carbons (Fsp3) is 0.486. The van der Waals surface area contributed by atoms with Crippen molar-refractivity contribution in [1.29, 1.82) is 0 Å². The molecule has 6 heterocycles. The molecule has 2 atom stereocenters. The Balaban J connectivity index is 1.26. The Hall–Kier alpha value is -3.71. The van der Waals surface area contributed by atoms with E-state index in [-0.39, 0.29) is 17.6 Å². The predicted molar refractivity (Wildman–Crippen MR) is 186 cm³/mol.